The molecule has 0 bridgehead atoms. The van der Waals surface area contributed by atoms with E-state index < -0.39 is 0 Å². The van der Waals surface area contributed by atoms with Gasteiger partial charge in [0.15, 0.2) is 0 Å². The van der Waals surface area contributed by atoms with Crippen molar-refractivity contribution in [2.24, 2.45) is 0 Å². The van der Waals surface area contributed by atoms with Gasteiger partial charge in [0.25, 0.3) is 0 Å². The molecule has 3 heteroatoms. The number of benzene rings is 1. The summed E-state index contributed by atoms with van der Waals surface area (Å²) >= 11 is 0. The van der Waals surface area contributed by atoms with Crippen LogP contribution in [0.4, 0.5) is 0 Å². The molecule has 0 radical (unpaired) electrons. The summed E-state index contributed by atoms with van der Waals surface area (Å²) in [6, 6.07) is 8.05. The molecule has 0 N–H and O–H groups in total. The average Bonchev–Trinajstić information content (AvgIpc) is 2.14. The Bertz CT molecular complexity index is 336. The van der Waals surface area contributed by atoms with E-state index in [4.69, 9.17) is 0 Å². The van der Waals surface area contributed by atoms with Gasteiger partial charge in [-0.1, -0.05) is 45.0 Å². The molecule has 3 nitrogen and oxygen atoms in total. The Morgan fingerprint density at radius 1 is 1.20 bits per heavy atom. The van der Waals surface area contributed by atoms with Crippen molar-refractivity contribution < 1.29 is 4.92 Å². The highest BCUT2D eigenvalue weighted by Crippen LogP contribution is 2.22. The van der Waals surface area contributed by atoms with Crippen LogP contribution in [-0.2, 0) is 11.8 Å². The molecular weight excluding hydrogens is 190 g/mol. The van der Waals surface area contributed by atoms with Crippen LogP contribution in [-0.4, -0.2) is 11.5 Å². The Labute approximate surface area is 90.3 Å². The van der Waals surface area contributed by atoms with Crippen LogP contribution in [0.5, 0.6) is 0 Å². The minimum absolute atomic E-state index is 0.00879. The summed E-state index contributed by atoms with van der Waals surface area (Å²) in [5.74, 6) is 0. The molecule has 0 spiro atoms. The van der Waals surface area contributed by atoms with Gasteiger partial charge in [0, 0.05) is 11.3 Å². The van der Waals surface area contributed by atoms with E-state index in [1.54, 1.807) is 0 Å². The molecule has 0 aliphatic heterocycles. The molecule has 1 aromatic carbocycles. The van der Waals surface area contributed by atoms with Crippen molar-refractivity contribution in [1.29, 1.82) is 0 Å². The van der Waals surface area contributed by atoms with E-state index in [9.17, 15) is 10.1 Å². The van der Waals surface area contributed by atoms with Crippen LogP contribution in [0.3, 0.4) is 0 Å². The van der Waals surface area contributed by atoms with Gasteiger partial charge < -0.3 is 0 Å². The van der Waals surface area contributed by atoms with Gasteiger partial charge >= 0.3 is 0 Å². The van der Waals surface area contributed by atoms with Crippen LogP contribution < -0.4 is 0 Å². The maximum atomic E-state index is 10.2. The fraction of sp³-hybridized carbons (Fsp3) is 0.500. The fourth-order valence-electron chi connectivity index (χ4n) is 1.39. The molecule has 0 saturated heterocycles. The Morgan fingerprint density at radius 3 is 2.13 bits per heavy atom. The van der Waals surface area contributed by atoms with Crippen LogP contribution in [0.1, 0.15) is 31.9 Å². The second kappa shape index (κ2) is 4.43. The van der Waals surface area contributed by atoms with Crippen LogP contribution >= 0.6 is 0 Å². The molecule has 0 amide bonds. The number of nitrogens with zero attached hydrogens (tertiary/aromatic N) is 1. The Morgan fingerprint density at radius 2 is 1.73 bits per heavy atom. The number of hydrogen-bond donors (Lipinski definition) is 0. The first-order valence-electron chi connectivity index (χ1n) is 5.11. The van der Waals surface area contributed by atoms with Gasteiger partial charge in [-0.15, -0.1) is 0 Å². The smallest absolute Gasteiger partial charge is 0.207 e. The van der Waals surface area contributed by atoms with Crippen molar-refractivity contribution in [3.8, 4) is 0 Å². The maximum Gasteiger partial charge on any atom is 0.207 e. The van der Waals surface area contributed by atoms with Gasteiger partial charge in [-0.3, -0.25) is 10.1 Å². The van der Waals surface area contributed by atoms with Gasteiger partial charge in [0.05, 0.1) is 0 Å². The molecule has 0 aromatic heterocycles. The van der Waals surface area contributed by atoms with E-state index in [0.29, 0.717) is 6.42 Å². The summed E-state index contributed by atoms with van der Waals surface area (Å²) in [6.07, 6.45) is 0.511. The molecule has 15 heavy (non-hydrogen) atoms. The maximum absolute atomic E-state index is 10.2. The lowest BCUT2D eigenvalue weighted by Crippen LogP contribution is -2.11. The molecule has 0 aliphatic rings. The topological polar surface area (TPSA) is 43.1 Å². The second-order valence-corrected chi connectivity index (χ2v) is 4.75. The highest BCUT2D eigenvalue weighted by molar-refractivity contribution is 5.27. The SMILES string of the molecule is CC(C)(C)c1ccc(CC[N+](=O)[O-])cc1. The minimum atomic E-state index is -0.280. The highest BCUT2D eigenvalue weighted by Gasteiger charge is 2.12. The molecule has 1 aromatic rings. The number of rotatable bonds is 3. The lowest BCUT2D eigenvalue weighted by molar-refractivity contribution is -0.479. The molecule has 1 rings (SSSR count). The molecule has 0 fully saturated rings. The average molecular weight is 207 g/mol. The van der Waals surface area contributed by atoms with E-state index in [1.165, 1.54) is 5.56 Å². The second-order valence-electron chi connectivity index (χ2n) is 4.75. The van der Waals surface area contributed by atoms with Crippen molar-refractivity contribution in [2.75, 3.05) is 6.54 Å². The van der Waals surface area contributed by atoms with E-state index in [1.807, 2.05) is 12.1 Å². The Hall–Kier alpha value is -1.38. The van der Waals surface area contributed by atoms with Crippen molar-refractivity contribution in [1.82, 2.24) is 0 Å². The van der Waals surface area contributed by atoms with E-state index >= 15 is 0 Å². The third kappa shape index (κ3) is 3.70. The third-order valence-electron chi connectivity index (χ3n) is 2.40. The van der Waals surface area contributed by atoms with Crippen LogP contribution in [0.2, 0.25) is 0 Å². The lowest BCUT2D eigenvalue weighted by atomic mass is 9.86. The standard InChI is InChI=1S/C12H17NO2/c1-12(2,3)11-6-4-10(5-7-11)8-9-13(14)15/h4-7H,8-9H2,1-3H3. The predicted molar refractivity (Wildman–Crippen MR) is 60.7 cm³/mol. The molecule has 0 aliphatic carbocycles. The van der Waals surface area contributed by atoms with Gasteiger partial charge in [0.1, 0.15) is 0 Å². The van der Waals surface area contributed by atoms with Crippen molar-refractivity contribution in [3.05, 3.63) is 45.5 Å². The first-order valence-corrected chi connectivity index (χ1v) is 5.11. The van der Waals surface area contributed by atoms with E-state index in [0.717, 1.165) is 5.56 Å². The molecular formula is C12H17NO2. The molecule has 0 saturated carbocycles. The van der Waals surface area contributed by atoms with Crippen LogP contribution in [0, 0.1) is 10.1 Å². The first kappa shape index (κ1) is 11.7. The third-order valence-corrected chi connectivity index (χ3v) is 2.40. The zero-order chi connectivity index (χ0) is 11.5. The summed E-state index contributed by atoms with van der Waals surface area (Å²) < 4.78 is 0. The normalized spacial score (nSPS) is 11.4. The minimum Gasteiger partial charge on any atom is -0.265 e. The number of nitro groups is 1. The van der Waals surface area contributed by atoms with E-state index in [2.05, 4.69) is 32.9 Å². The summed E-state index contributed by atoms with van der Waals surface area (Å²) in [5.41, 5.74) is 2.42. The quantitative estimate of drug-likeness (QED) is 0.565. The van der Waals surface area contributed by atoms with Gasteiger partial charge in [-0.2, -0.15) is 0 Å². The van der Waals surface area contributed by atoms with Crippen LogP contribution in [0.15, 0.2) is 24.3 Å². The lowest BCUT2D eigenvalue weighted by Gasteiger charge is -2.18. The Kier molecular flexibility index (Phi) is 3.45. The van der Waals surface area contributed by atoms with Crippen LogP contribution in [0.25, 0.3) is 0 Å². The Balaban J connectivity index is 2.69. The van der Waals surface area contributed by atoms with Crippen molar-refractivity contribution in [2.45, 2.75) is 32.6 Å². The zero-order valence-electron chi connectivity index (χ0n) is 9.49. The summed E-state index contributed by atoms with van der Waals surface area (Å²) in [4.78, 5) is 9.92. The fourth-order valence-corrected chi connectivity index (χ4v) is 1.39. The van der Waals surface area contributed by atoms with Crippen molar-refractivity contribution in [3.63, 3.8) is 0 Å². The number of hydrogen-bond acceptors (Lipinski definition) is 2. The van der Waals surface area contributed by atoms with Crippen molar-refractivity contribution >= 4 is 0 Å². The summed E-state index contributed by atoms with van der Waals surface area (Å²) in [5, 5.41) is 10.2. The van der Waals surface area contributed by atoms with Gasteiger partial charge in [-0.25, -0.2) is 0 Å². The molecule has 0 atom stereocenters. The first-order chi connectivity index (χ1) is 6.89. The van der Waals surface area contributed by atoms with E-state index in [-0.39, 0.29) is 16.9 Å². The van der Waals surface area contributed by atoms with Gasteiger partial charge in [-0.05, 0) is 16.5 Å². The molecule has 0 unspecified atom stereocenters. The summed E-state index contributed by atoms with van der Waals surface area (Å²) in [7, 11) is 0. The van der Waals surface area contributed by atoms with Gasteiger partial charge in [0.2, 0.25) is 6.54 Å². The highest BCUT2D eigenvalue weighted by atomic mass is 16.6. The largest absolute Gasteiger partial charge is 0.265 e. The molecule has 0 heterocycles. The zero-order valence-corrected chi connectivity index (χ0v) is 9.49. The predicted octanol–water partition coefficient (Wildman–Crippen LogP) is 2.80. The monoisotopic (exact) mass is 207 g/mol. The summed E-state index contributed by atoms with van der Waals surface area (Å²) in [6.45, 7) is 6.46. The molecule has 82 valence electrons.